The fourth-order valence-electron chi connectivity index (χ4n) is 2.92. The Kier molecular flexibility index (Phi) is 4.37. The van der Waals surface area contributed by atoms with Crippen LogP contribution in [-0.2, 0) is 10.4 Å². The van der Waals surface area contributed by atoms with E-state index < -0.39 is 17.2 Å². The van der Waals surface area contributed by atoms with Gasteiger partial charge in [0.1, 0.15) is 17.2 Å². The molecule has 1 fully saturated rings. The van der Waals surface area contributed by atoms with E-state index in [9.17, 15) is 18.7 Å². The molecule has 2 aromatic rings. The smallest absolute Gasteiger partial charge is 0.223 e. The molecule has 3 atom stereocenters. The van der Waals surface area contributed by atoms with Crippen LogP contribution in [0.5, 0.6) is 0 Å². The van der Waals surface area contributed by atoms with Gasteiger partial charge >= 0.3 is 0 Å². The number of carbonyl (C=O) groups excluding carboxylic acids is 1. The molecule has 0 heterocycles. The molecule has 126 valence electrons. The molecule has 0 aromatic heterocycles. The summed E-state index contributed by atoms with van der Waals surface area (Å²) >= 11 is 0. The van der Waals surface area contributed by atoms with Crippen LogP contribution in [0.3, 0.4) is 0 Å². The highest BCUT2D eigenvalue weighted by Gasteiger charge is 2.45. The van der Waals surface area contributed by atoms with Gasteiger partial charge in [0.05, 0.1) is 6.54 Å². The number of rotatable bonds is 5. The van der Waals surface area contributed by atoms with Crippen LogP contribution in [0.2, 0.25) is 0 Å². The van der Waals surface area contributed by atoms with Crippen molar-refractivity contribution in [2.75, 3.05) is 6.54 Å². The Morgan fingerprint density at radius 1 is 1.25 bits per heavy atom. The summed E-state index contributed by atoms with van der Waals surface area (Å²) in [7, 11) is 0. The Labute approximate surface area is 139 Å². The van der Waals surface area contributed by atoms with Crippen molar-refractivity contribution in [3.8, 4) is 0 Å². The third kappa shape index (κ3) is 3.46. The molecule has 3 unspecified atom stereocenters. The lowest BCUT2D eigenvalue weighted by molar-refractivity contribution is -0.123. The second-order valence-corrected chi connectivity index (χ2v) is 6.47. The maximum absolute atomic E-state index is 13.8. The Morgan fingerprint density at radius 2 is 1.96 bits per heavy atom. The van der Waals surface area contributed by atoms with E-state index in [0.29, 0.717) is 17.5 Å². The van der Waals surface area contributed by atoms with Crippen molar-refractivity contribution in [1.82, 2.24) is 5.32 Å². The lowest BCUT2D eigenvalue weighted by Gasteiger charge is -2.24. The summed E-state index contributed by atoms with van der Waals surface area (Å²) in [6, 6.07) is 12.5. The molecule has 0 aliphatic heterocycles. The minimum atomic E-state index is -1.18. The minimum absolute atomic E-state index is 0.0744. The van der Waals surface area contributed by atoms with Crippen molar-refractivity contribution in [3.63, 3.8) is 0 Å². The van der Waals surface area contributed by atoms with Gasteiger partial charge in [0, 0.05) is 12.0 Å². The van der Waals surface area contributed by atoms with E-state index in [2.05, 4.69) is 5.32 Å². The van der Waals surface area contributed by atoms with Crippen LogP contribution < -0.4 is 5.32 Å². The molecule has 1 aliphatic rings. The number of carbonyl (C=O) groups is 1. The van der Waals surface area contributed by atoms with Crippen molar-refractivity contribution < 1.29 is 18.7 Å². The highest BCUT2D eigenvalue weighted by atomic mass is 19.1. The van der Waals surface area contributed by atoms with Crippen LogP contribution in [-0.4, -0.2) is 17.6 Å². The molecular weight excluding hydrogens is 312 g/mol. The molecular formula is C19H19F2NO2. The Balaban J connectivity index is 1.59. The first-order valence-corrected chi connectivity index (χ1v) is 7.89. The van der Waals surface area contributed by atoms with E-state index in [0.717, 1.165) is 6.07 Å². The summed E-state index contributed by atoms with van der Waals surface area (Å²) in [4.78, 5) is 12.2. The number of halogens is 2. The van der Waals surface area contributed by atoms with Crippen molar-refractivity contribution >= 4 is 5.91 Å². The van der Waals surface area contributed by atoms with E-state index in [-0.39, 0.29) is 24.3 Å². The average Bonchev–Trinajstić information content (AvgIpc) is 3.34. The molecule has 0 radical (unpaired) electrons. The molecule has 5 heteroatoms. The van der Waals surface area contributed by atoms with Crippen LogP contribution in [0, 0.1) is 17.6 Å². The summed E-state index contributed by atoms with van der Waals surface area (Å²) in [5.41, 5.74) is -0.101. The molecule has 0 saturated heterocycles. The van der Waals surface area contributed by atoms with Gasteiger partial charge in [-0.05, 0) is 36.5 Å². The monoisotopic (exact) mass is 331 g/mol. The first-order chi connectivity index (χ1) is 11.4. The quantitative estimate of drug-likeness (QED) is 0.884. The number of benzene rings is 2. The molecule has 1 saturated carbocycles. The summed E-state index contributed by atoms with van der Waals surface area (Å²) in [6.45, 7) is 1.71. The maximum Gasteiger partial charge on any atom is 0.223 e. The van der Waals surface area contributed by atoms with Crippen LogP contribution in [0.25, 0.3) is 0 Å². The standard InChI is InChI=1S/C19H19F2NO2/c1-19(24,12-5-3-2-4-6-12)11-22-18(23)16-10-15(16)14-8-7-13(20)9-17(14)21/h2-9,15-16,24H,10-11H2,1H3,(H,22,23). The molecule has 1 amide bonds. The highest BCUT2D eigenvalue weighted by Crippen LogP contribution is 2.48. The lowest BCUT2D eigenvalue weighted by Crippen LogP contribution is -2.39. The van der Waals surface area contributed by atoms with Gasteiger partial charge < -0.3 is 10.4 Å². The molecule has 3 nitrogen and oxygen atoms in total. The molecule has 24 heavy (non-hydrogen) atoms. The topological polar surface area (TPSA) is 49.3 Å². The van der Waals surface area contributed by atoms with E-state index in [4.69, 9.17) is 0 Å². The zero-order valence-corrected chi connectivity index (χ0v) is 13.3. The van der Waals surface area contributed by atoms with Crippen molar-refractivity contribution in [3.05, 3.63) is 71.3 Å². The molecule has 2 aromatic carbocycles. The molecule has 1 aliphatic carbocycles. The summed E-state index contributed by atoms with van der Waals surface area (Å²) in [5.74, 6) is -2.04. The fraction of sp³-hybridized carbons (Fsp3) is 0.316. The van der Waals surface area contributed by atoms with E-state index in [1.807, 2.05) is 18.2 Å². The maximum atomic E-state index is 13.8. The van der Waals surface area contributed by atoms with Gasteiger partial charge in [0.2, 0.25) is 5.91 Å². The first kappa shape index (κ1) is 16.6. The summed E-state index contributed by atoms with van der Waals surface area (Å²) in [6.07, 6.45) is 0.530. The van der Waals surface area contributed by atoms with E-state index in [1.54, 1.807) is 19.1 Å². The van der Waals surface area contributed by atoms with Crippen molar-refractivity contribution in [1.29, 1.82) is 0 Å². The third-order valence-corrected chi connectivity index (χ3v) is 4.49. The Hall–Kier alpha value is -2.27. The average molecular weight is 331 g/mol. The Bertz CT molecular complexity index is 746. The van der Waals surface area contributed by atoms with Gasteiger partial charge in [-0.2, -0.15) is 0 Å². The predicted octanol–water partition coefficient (Wildman–Crippen LogP) is 3.09. The minimum Gasteiger partial charge on any atom is -0.384 e. The molecule has 0 spiro atoms. The van der Waals surface area contributed by atoms with Gasteiger partial charge in [-0.1, -0.05) is 36.4 Å². The van der Waals surface area contributed by atoms with Crippen molar-refractivity contribution in [2.45, 2.75) is 24.9 Å². The van der Waals surface area contributed by atoms with Crippen molar-refractivity contribution in [2.24, 2.45) is 5.92 Å². The number of aliphatic hydroxyl groups is 1. The Morgan fingerprint density at radius 3 is 2.62 bits per heavy atom. The van der Waals surface area contributed by atoms with Gasteiger partial charge in [-0.3, -0.25) is 4.79 Å². The third-order valence-electron chi connectivity index (χ3n) is 4.49. The second-order valence-electron chi connectivity index (χ2n) is 6.47. The fourth-order valence-corrected chi connectivity index (χ4v) is 2.92. The van der Waals surface area contributed by atoms with Gasteiger partial charge in [0.25, 0.3) is 0 Å². The first-order valence-electron chi connectivity index (χ1n) is 7.89. The summed E-state index contributed by atoms with van der Waals surface area (Å²) in [5, 5.41) is 13.2. The van der Waals surface area contributed by atoms with Gasteiger partial charge in [-0.25, -0.2) is 8.78 Å². The van der Waals surface area contributed by atoms with Crippen LogP contribution in [0.4, 0.5) is 8.78 Å². The molecule has 0 bridgehead atoms. The van der Waals surface area contributed by atoms with Crippen LogP contribution >= 0.6 is 0 Å². The van der Waals surface area contributed by atoms with Gasteiger partial charge in [0.15, 0.2) is 0 Å². The molecule has 2 N–H and O–H groups in total. The van der Waals surface area contributed by atoms with Crippen LogP contribution in [0.15, 0.2) is 48.5 Å². The number of hydrogen-bond donors (Lipinski definition) is 2. The number of amides is 1. The van der Waals surface area contributed by atoms with E-state index >= 15 is 0 Å². The SMILES string of the molecule is CC(O)(CNC(=O)C1CC1c1ccc(F)cc1F)c1ccccc1. The number of hydrogen-bond acceptors (Lipinski definition) is 2. The second kappa shape index (κ2) is 6.32. The molecule has 3 rings (SSSR count). The summed E-state index contributed by atoms with van der Waals surface area (Å²) < 4.78 is 26.7. The lowest BCUT2D eigenvalue weighted by atomic mass is 9.96. The predicted molar refractivity (Wildman–Crippen MR) is 86.2 cm³/mol. The van der Waals surface area contributed by atoms with E-state index in [1.165, 1.54) is 12.1 Å². The number of nitrogens with one attached hydrogen (secondary N) is 1. The van der Waals surface area contributed by atoms with Gasteiger partial charge in [-0.15, -0.1) is 0 Å². The normalized spacial score (nSPS) is 21.8. The van der Waals surface area contributed by atoms with Crippen LogP contribution in [0.1, 0.15) is 30.4 Å². The zero-order chi connectivity index (χ0) is 17.3. The highest BCUT2D eigenvalue weighted by molar-refractivity contribution is 5.83. The zero-order valence-electron chi connectivity index (χ0n) is 13.3. The largest absolute Gasteiger partial charge is 0.384 e.